The molecule has 0 aliphatic carbocycles. The van der Waals surface area contributed by atoms with Crippen molar-refractivity contribution in [1.82, 2.24) is 14.5 Å². The summed E-state index contributed by atoms with van der Waals surface area (Å²) in [7, 11) is 3.88. The van der Waals surface area contributed by atoms with Crippen molar-refractivity contribution < 1.29 is 4.92 Å². The summed E-state index contributed by atoms with van der Waals surface area (Å²) < 4.78 is 2.05. The number of pyridine rings is 1. The molecule has 0 amide bonds. The molecule has 118 valence electrons. The summed E-state index contributed by atoms with van der Waals surface area (Å²) in [5.41, 5.74) is 2.79. The van der Waals surface area contributed by atoms with Crippen LogP contribution in [0.4, 0.5) is 11.5 Å². The zero-order chi connectivity index (χ0) is 16.6. The second-order valence-corrected chi connectivity index (χ2v) is 5.52. The third kappa shape index (κ3) is 2.73. The first kappa shape index (κ1) is 15.0. The molecule has 0 radical (unpaired) electrons. The Kier molecular flexibility index (Phi) is 3.69. The molecule has 3 aromatic rings. The Morgan fingerprint density at radius 3 is 2.74 bits per heavy atom. The molecular formula is C16H17N5O2. The second kappa shape index (κ2) is 5.68. The number of para-hydroxylation sites is 2. The van der Waals surface area contributed by atoms with E-state index in [2.05, 4.69) is 9.97 Å². The quantitative estimate of drug-likeness (QED) is 0.547. The van der Waals surface area contributed by atoms with Crippen LogP contribution in [0.15, 0.2) is 36.5 Å². The minimum atomic E-state index is -0.435. The minimum Gasteiger partial charge on any atom is -0.352 e. The highest BCUT2D eigenvalue weighted by molar-refractivity contribution is 5.75. The Hall–Kier alpha value is -2.96. The number of anilines is 1. The van der Waals surface area contributed by atoms with Gasteiger partial charge >= 0.3 is 0 Å². The summed E-state index contributed by atoms with van der Waals surface area (Å²) in [5, 5.41) is 10.8. The third-order valence-electron chi connectivity index (χ3n) is 3.87. The van der Waals surface area contributed by atoms with Gasteiger partial charge in [0.05, 0.1) is 22.5 Å². The average Bonchev–Trinajstić information content (AvgIpc) is 2.83. The summed E-state index contributed by atoms with van der Waals surface area (Å²) >= 11 is 0. The van der Waals surface area contributed by atoms with Crippen LogP contribution < -0.4 is 4.90 Å². The Labute approximate surface area is 133 Å². The molecular weight excluding hydrogens is 294 g/mol. The molecule has 0 spiro atoms. The molecule has 0 saturated heterocycles. The maximum absolute atomic E-state index is 10.8. The molecule has 7 heteroatoms. The highest BCUT2D eigenvalue weighted by atomic mass is 16.6. The zero-order valence-corrected chi connectivity index (χ0v) is 13.2. The molecule has 23 heavy (non-hydrogen) atoms. The highest BCUT2D eigenvalue weighted by Gasteiger charge is 2.15. The van der Waals surface area contributed by atoms with Gasteiger partial charge < -0.3 is 9.47 Å². The number of hydrogen-bond donors (Lipinski definition) is 0. The molecule has 0 bridgehead atoms. The predicted molar refractivity (Wildman–Crippen MR) is 88.4 cm³/mol. The normalized spacial score (nSPS) is 10.9. The molecule has 0 aliphatic heterocycles. The highest BCUT2D eigenvalue weighted by Crippen LogP contribution is 2.23. The van der Waals surface area contributed by atoms with Gasteiger partial charge in [-0.05, 0) is 24.6 Å². The topological polar surface area (TPSA) is 77.1 Å². The van der Waals surface area contributed by atoms with Crippen molar-refractivity contribution in [1.29, 1.82) is 0 Å². The van der Waals surface area contributed by atoms with Crippen LogP contribution in [0.5, 0.6) is 0 Å². The van der Waals surface area contributed by atoms with Crippen LogP contribution in [0.25, 0.3) is 11.0 Å². The lowest BCUT2D eigenvalue weighted by molar-refractivity contribution is -0.385. The van der Waals surface area contributed by atoms with E-state index in [9.17, 15) is 10.1 Å². The van der Waals surface area contributed by atoms with Crippen molar-refractivity contribution in [3.8, 4) is 0 Å². The first-order chi connectivity index (χ1) is 11.0. The largest absolute Gasteiger partial charge is 0.352 e. The Bertz CT molecular complexity index is 887. The van der Waals surface area contributed by atoms with Crippen LogP contribution in [-0.2, 0) is 13.6 Å². The van der Waals surface area contributed by atoms with E-state index in [-0.39, 0.29) is 5.69 Å². The molecule has 0 unspecified atom stereocenters. The SMILES string of the molecule is Cc1cc([N+](=O)[O-])cnc1N(C)Cc1nc2ccccc2n1C. The summed E-state index contributed by atoms with van der Waals surface area (Å²) in [6.45, 7) is 2.39. The van der Waals surface area contributed by atoms with Crippen molar-refractivity contribution in [3.63, 3.8) is 0 Å². The van der Waals surface area contributed by atoms with Crippen molar-refractivity contribution in [2.75, 3.05) is 11.9 Å². The third-order valence-corrected chi connectivity index (χ3v) is 3.87. The van der Waals surface area contributed by atoms with E-state index in [4.69, 9.17) is 0 Å². The number of aryl methyl sites for hydroxylation is 2. The molecule has 0 atom stereocenters. The maximum Gasteiger partial charge on any atom is 0.287 e. The van der Waals surface area contributed by atoms with E-state index in [1.807, 2.05) is 54.8 Å². The first-order valence-corrected chi connectivity index (χ1v) is 7.20. The number of imidazole rings is 1. The van der Waals surface area contributed by atoms with E-state index in [0.29, 0.717) is 12.4 Å². The lowest BCUT2D eigenvalue weighted by Gasteiger charge is -2.19. The van der Waals surface area contributed by atoms with Crippen LogP contribution in [0.1, 0.15) is 11.4 Å². The summed E-state index contributed by atoms with van der Waals surface area (Å²) in [6.07, 6.45) is 1.29. The fraction of sp³-hybridized carbons (Fsp3) is 0.250. The van der Waals surface area contributed by atoms with Gasteiger partial charge in [-0.2, -0.15) is 0 Å². The van der Waals surface area contributed by atoms with Gasteiger partial charge in [0.25, 0.3) is 5.69 Å². The number of fused-ring (bicyclic) bond motifs is 1. The van der Waals surface area contributed by atoms with Gasteiger partial charge in [0.1, 0.15) is 17.8 Å². The molecule has 2 aromatic heterocycles. The van der Waals surface area contributed by atoms with Gasteiger partial charge in [-0.1, -0.05) is 12.1 Å². The summed E-state index contributed by atoms with van der Waals surface area (Å²) in [5.74, 6) is 1.62. The fourth-order valence-corrected chi connectivity index (χ4v) is 2.68. The molecule has 7 nitrogen and oxygen atoms in total. The van der Waals surface area contributed by atoms with Crippen LogP contribution in [0.3, 0.4) is 0 Å². The zero-order valence-electron chi connectivity index (χ0n) is 13.2. The van der Waals surface area contributed by atoms with E-state index in [1.165, 1.54) is 12.3 Å². The number of nitrogens with zero attached hydrogens (tertiary/aromatic N) is 5. The van der Waals surface area contributed by atoms with E-state index >= 15 is 0 Å². The summed E-state index contributed by atoms with van der Waals surface area (Å²) in [6, 6.07) is 9.49. The lowest BCUT2D eigenvalue weighted by Crippen LogP contribution is -2.21. The average molecular weight is 311 g/mol. The second-order valence-electron chi connectivity index (χ2n) is 5.52. The Morgan fingerprint density at radius 2 is 2.09 bits per heavy atom. The lowest BCUT2D eigenvalue weighted by atomic mass is 10.2. The number of rotatable bonds is 4. The van der Waals surface area contributed by atoms with Gasteiger partial charge in [0, 0.05) is 20.2 Å². The number of benzene rings is 1. The number of nitro groups is 1. The fourth-order valence-electron chi connectivity index (χ4n) is 2.68. The minimum absolute atomic E-state index is 0.00220. The van der Waals surface area contributed by atoms with Crippen LogP contribution in [0.2, 0.25) is 0 Å². The number of hydrogen-bond acceptors (Lipinski definition) is 5. The van der Waals surface area contributed by atoms with E-state index in [0.717, 1.165) is 22.4 Å². The van der Waals surface area contributed by atoms with Crippen molar-refractivity contribution in [3.05, 3.63) is 58.0 Å². The van der Waals surface area contributed by atoms with Crippen LogP contribution in [-0.4, -0.2) is 26.5 Å². The summed E-state index contributed by atoms with van der Waals surface area (Å²) in [4.78, 5) is 21.2. The van der Waals surface area contributed by atoms with Gasteiger partial charge in [-0.25, -0.2) is 9.97 Å². The molecule has 0 saturated carbocycles. The number of aromatic nitrogens is 3. The Morgan fingerprint density at radius 1 is 1.35 bits per heavy atom. The maximum atomic E-state index is 10.8. The standard InChI is InChI=1S/C16H17N5O2/c1-11-8-12(21(22)23)9-17-16(11)19(2)10-15-18-13-6-4-5-7-14(13)20(15)3/h4-9H,10H2,1-3H3. The molecule has 0 fully saturated rings. The molecule has 0 aliphatic rings. The molecule has 1 aromatic carbocycles. The van der Waals surface area contributed by atoms with Crippen molar-refractivity contribution in [2.24, 2.45) is 7.05 Å². The van der Waals surface area contributed by atoms with Crippen molar-refractivity contribution in [2.45, 2.75) is 13.5 Å². The van der Waals surface area contributed by atoms with Crippen molar-refractivity contribution >= 4 is 22.5 Å². The van der Waals surface area contributed by atoms with E-state index in [1.54, 1.807) is 0 Å². The van der Waals surface area contributed by atoms with Crippen LogP contribution >= 0.6 is 0 Å². The molecule has 2 heterocycles. The monoisotopic (exact) mass is 311 g/mol. The smallest absolute Gasteiger partial charge is 0.287 e. The van der Waals surface area contributed by atoms with Gasteiger partial charge in [0.2, 0.25) is 0 Å². The first-order valence-electron chi connectivity index (χ1n) is 7.20. The van der Waals surface area contributed by atoms with Gasteiger partial charge in [0.15, 0.2) is 0 Å². The Balaban J connectivity index is 1.90. The van der Waals surface area contributed by atoms with Gasteiger partial charge in [-0.3, -0.25) is 10.1 Å². The van der Waals surface area contributed by atoms with Crippen LogP contribution in [0, 0.1) is 17.0 Å². The van der Waals surface area contributed by atoms with Gasteiger partial charge in [-0.15, -0.1) is 0 Å². The van der Waals surface area contributed by atoms with E-state index < -0.39 is 4.92 Å². The molecule has 0 N–H and O–H groups in total. The molecule has 3 rings (SSSR count). The predicted octanol–water partition coefficient (Wildman–Crippen LogP) is 2.82.